The third kappa shape index (κ3) is 3.92. The van der Waals surface area contributed by atoms with Gasteiger partial charge in [-0.1, -0.05) is 0 Å². The van der Waals surface area contributed by atoms with E-state index in [0.717, 1.165) is 9.87 Å². The molecule has 0 saturated heterocycles. The van der Waals surface area contributed by atoms with Crippen LogP contribution < -0.4 is 4.74 Å². The molecule has 6 heteroatoms. The van der Waals surface area contributed by atoms with Gasteiger partial charge in [-0.3, -0.25) is 0 Å². The maximum Gasteiger partial charge on any atom is 0.242 e. The molecule has 5 nitrogen and oxygen atoms in total. The van der Waals surface area contributed by atoms with E-state index in [4.69, 9.17) is 4.74 Å². The number of nitrogens with zero attached hydrogens (tertiary/aromatic N) is 1. The standard InChI is InChI=1S/C13H21NO4S/c1-5-18-13-7-6-12(8-10(13)2)19(16,17)14(4)9-11(3)15/h6-8,11,15H,5,9H2,1-4H3. The van der Waals surface area contributed by atoms with Gasteiger partial charge in [0.15, 0.2) is 0 Å². The van der Waals surface area contributed by atoms with E-state index in [1.807, 2.05) is 6.92 Å². The van der Waals surface area contributed by atoms with Crippen LogP contribution in [0.3, 0.4) is 0 Å². The highest BCUT2D eigenvalue weighted by atomic mass is 32.2. The third-order valence-electron chi connectivity index (χ3n) is 2.68. The van der Waals surface area contributed by atoms with Gasteiger partial charge in [0.05, 0.1) is 17.6 Å². The smallest absolute Gasteiger partial charge is 0.242 e. The second-order valence-corrected chi connectivity index (χ2v) is 6.54. The van der Waals surface area contributed by atoms with Crippen molar-refractivity contribution in [3.05, 3.63) is 23.8 Å². The Labute approximate surface area is 114 Å². The maximum atomic E-state index is 12.3. The summed E-state index contributed by atoms with van der Waals surface area (Å²) >= 11 is 0. The predicted octanol–water partition coefficient (Wildman–Crippen LogP) is 1.40. The van der Waals surface area contributed by atoms with Gasteiger partial charge in [-0.05, 0) is 44.5 Å². The fraction of sp³-hybridized carbons (Fsp3) is 0.538. The first-order valence-corrected chi connectivity index (χ1v) is 7.61. The van der Waals surface area contributed by atoms with Crippen molar-refractivity contribution in [2.45, 2.75) is 31.8 Å². The van der Waals surface area contributed by atoms with Gasteiger partial charge in [0.25, 0.3) is 0 Å². The van der Waals surface area contributed by atoms with Crippen molar-refractivity contribution in [2.24, 2.45) is 0 Å². The van der Waals surface area contributed by atoms with Crippen LogP contribution in [0.15, 0.2) is 23.1 Å². The minimum Gasteiger partial charge on any atom is -0.494 e. The molecule has 0 aliphatic heterocycles. The molecular formula is C13H21NO4S. The Morgan fingerprint density at radius 1 is 1.42 bits per heavy atom. The lowest BCUT2D eigenvalue weighted by Crippen LogP contribution is -2.33. The van der Waals surface area contributed by atoms with Crippen molar-refractivity contribution in [3.63, 3.8) is 0 Å². The Morgan fingerprint density at radius 3 is 2.53 bits per heavy atom. The van der Waals surface area contributed by atoms with Gasteiger partial charge < -0.3 is 9.84 Å². The Balaban J connectivity index is 3.05. The van der Waals surface area contributed by atoms with E-state index in [1.54, 1.807) is 26.0 Å². The molecule has 1 aromatic carbocycles. The van der Waals surface area contributed by atoms with Gasteiger partial charge in [-0.25, -0.2) is 8.42 Å². The molecule has 1 unspecified atom stereocenters. The summed E-state index contributed by atoms with van der Waals surface area (Å²) in [4.78, 5) is 0.205. The first-order chi connectivity index (χ1) is 8.78. The van der Waals surface area contributed by atoms with E-state index in [9.17, 15) is 13.5 Å². The number of benzene rings is 1. The highest BCUT2D eigenvalue weighted by Gasteiger charge is 2.22. The summed E-state index contributed by atoms with van der Waals surface area (Å²) < 4.78 is 31.1. The number of sulfonamides is 1. The van der Waals surface area contributed by atoms with Crippen LogP contribution in [-0.2, 0) is 10.0 Å². The SMILES string of the molecule is CCOc1ccc(S(=O)(=O)N(C)CC(C)O)cc1C. The number of rotatable bonds is 6. The van der Waals surface area contributed by atoms with E-state index in [2.05, 4.69) is 0 Å². The van der Waals surface area contributed by atoms with E-state index in [-0.39, 0.29) is 11.4 Å². The van der Waals surface area contributed by atoms with Crippen LogP contribution in [0.25, 0.3) is 0 Å². The lowest BCUT2D eigenvalue weighted by molar-refractivity contribution is 0.171. The fourth-order valence-electron chi connectivity index (χ4n) is 1.75. The molecule has 19 heavy (non-hydrogen) atoms. The Morgan fingerprint density at radius 2 is 2.05 bits per heavy atom. The number of likely N-dealkylation sites (N-methyl/N-ethyl adjacent to an activating group) is 1. The van der Waals surface area contributed by atoms with Crippen LogP contribution >= 0.6 is 0 Å². The van der Waals surface area contributed by atoms with Gasteiger partial charge in [-0.15, -0.1) is 0 Å². The average molecular weight is 287 g/mol. The summed E-state index contributed by atoms with van der Waals surface area (Å²) in [6.07, 6.45) is -0.705. The minimum absolute atomic E-state index is 0.0641. The highest BCUT2D eigenvalue weighted by molar-refractivity contribution is 7.89. The van der Waals surface area contributed by atoms with Crippen molar-refractivity contribution < 1.29 is 18.3 Å². The van der Waals surface area contributed by atoms with Gasteiger partial charge in [0, 0.05) is 13.6 Å². The molecule has 1 rings (SSSR count). The molecule has 0 aliphatic carbocycles. The highest BCUT2D eigenvalue weighted by Crippen LogP contribution is 2.23. The van der Waals surface area contributed by atoms with E-state index in [0.29, 0.717) is 12.4 Å². The molecule has 0 fully saturated rings. The summed E-state index contributed by atoms with van der Waals surface area (Å²) in [5, 5.41) is 9.28. The van der Waals surface area contributed by atoms with Crippen molar-refractivity contribution in [3.8, 4) is 5.75 Å². The molecule has 0 spiro atoms. The Bertz CT molecular complexity index is 525. The summed E-state index contributed by atoms with van der Waals surface area (Å²) in [7, 11) is -2.12. The lowest BCUT2D eigenvalue weighted by atomic mass is 10.2. The van der Waals surface area contributed by atoms with Crippen molar-refractivity contribution in [1.82, 2.24) is 4.31 Å². The first-order valence-electron chi connectivity index (χ1n) is 6.17. The summed E-state index contributed by atoms with van der Waals surface area (Å²) in [6, 6.07) is 4.76. The van der Waals surface area contributed by atoms with Crippen LogP contribution in [0.2, 0.25) is 0 Å². The van der Waals surface area contributed by atoms with E-state index < -0.39 is 16.1 Å². The zero-order valence-corrected chi connectivity index (χ0v) is 12.6. The molecule has 1 N–H and O–H groups in total. The van der Waals surface area contributed by atoms with Gasteiger partial charge in [0.1, 0.15) is 5.75 Å². The van der Waals surface area contributed by atoms with E-state index in [1.165, 1.54) is 13.1 Å². The Kier molecular flexibility index (Phi) is 5.34. The van der Waals surface area contributed by atoms with Crippen molar-refractivity contribution >= 4 is 10.0 Å². The molecule has 0 heterocycles. The van der Waals surface area contributed by atoms with Gasteiger partial charge >= 0.3 is 0 Å². The normalized spacial score (nSPS) is 13.6. The fourth-order valence-corrected chi connectivity index (χ4v) is 3.09. The third-order valence-corrected chi connectivity index (χ3v) is 4.50. The minimum atomic E-state index is -3.57. The molecule has 0 aromatic heterocycles. The number of hydrogen-bond acceptors (Lipinski definition) is 4. The molecular weight excluding hydrogens is 266 g/mol. The molecule has 0 amide bonds. The summed E-state index contributed by atoms with van der Waals surface area (Å²) in [5.74, 6) is 0.680. The molecule has 0 aliphatic rings. The molecule has 0 saturated carbocycles. The number of ether oxygens (including phenoxy) is 1. The topological polar surface area (TPSA) is 66.8 Å². The van der Waals surface area contributed by atoms with Gasteiger partial charge in [-0.2, -0.15) is 4.31 Å². The van der Waals surface area contributed by atoms with Crippen LogP contribution in [0.1, 0.15) is 19.4 Å². The zero-order chi connectivity index (χ0) is 14.6. The van der Waals surface area contributed by atoms with Crippen molar-refractivity contribution in [1.29, 1.82) is 0 Å². The quantitative estimate of drug-likeness (QED) is 0.858. The molecule has 0 radical (unpaired) electrons. The second-order valence-electron chi connectivity index (χ2n) is 4.49. The molecule has 0 bridgehead atoms. The zero-order valence-electron chi connectivity index (χ0n) is 11.8. The van der Waals surface area contributed by atoms with Gasteiger partial charge in [0.2, 0.25) is 10.0 Å². The molecule has 1 aromatic rings. The number of aliphatic hydroxyl groups is 1. The first kappa shape index (κ1) is 15.9. The second kappa shape index (κ2) is 6.36. The molecule has 108 valence electrons. The maximum absolute atomic E-state index is 12.3. The predicted molar refractivity (Wildman–Crippen MR) is 73.8 cm³/mol. The van der Waals surface area contributed by atoms with Crippen LogP contribution in [0.4, 0.5) is 0 Å². The monoisotopic (exact) mass is 287 g/mol. The van der Waals surface area contributed by atoms with Crippen LogP contribution in [0, 0.1) is 6.92 Å². The Hall–Kier alpha value is -1.11. The van der Waals surface area contributed by atoms with Crippen LogP contribution in [-0.4, -0.2) is 44.1 Å². The number of aryl methyl sites for hydroxylation is 1. The number of hydrogen-bond donors (Lipinski definition) is 1. The summed E-state index contributed by atoms with van der Waals surface area (Å²) in [5.41, 5.74) is 0.772. The summed E-state index contributed by atoms with van der Waals surface area (Å²) in [6.45, 7) is 5.83. The van der Waals surface area contributed by atoms with Crippen molar-refractivity contribution in [2.75, 3.05) is 20.2 Å². The largest absolute Gasteiger partial charge is 0.494 e. The van der Waals surface area contributed by atoms with Crippen LogP contribution in [0.5, 0.6) is 5.75 Å². The number of aliphatic hydroxyl groups excluding tert-OH is 1. The van der Waals surface area contributed by atoms with E-state index >= 15 is 0 Å². The molecule has 1 atom stereocenters. The average Bonchev–Trinajstić information content (AvgIpc) is 2.31. The lowest BCUT2D eigenvalue weighted by Gasteiger charge is -2.19.